The van der Waals surface area contributed by atoms with Gasteiger partial charge >= 0.3 is 0 Å². The van der Waals surface area contributed by atoms with E-state index in [4.69, 9.17) is 20.5 Å². The number of rotatable bonds is 3. The molecular weight excluding hydrogens is 320 g/mol. The lowest BCUT2D eigenvalue weighted by Crippen LogP contribution is -2.29. The number of aromatic nitrogens is 3. The molecule has 7 nitrogen and oxygen atoms in total. The van der Waals surface area contributed by atoms with Gasteiger partial charge in [-0.2, -0.15) is 5.10 Å². The zero-order valence-corrected chi connectivity index (χ0v) is 12.8. The monoisotopic (exact) mass is 332 g/mol. The summed E-state index contributed by atoms with van der Waals surface area (Å²) in [5.74, 6) is 0.822. The van der Waals surface area contributed by atoms with E-state index in [-0.39, 0.29) is 17.6 Å². The van der Waals surface area contributed by atoms with Gasteiger partial charge in [0.2, 0.25) is 5.76 Å². The second kappa shape index (κ2) is 5.58. The first-order valence-corrected chi connectivity index (χ1v) is 7.58. The average Bonchev–Trinajstić information content (AvgIpc) is 3.31. The van der Waals surface area contributed by atoms with Crippen molar-refractivity contribution in [2.75, 3.05) is 13.1 Å². The summed E-state index contributed by atoms with van der Waals surface area (Å²) in [6.07, 6.45) is 5.73. The minimum absolute atomic E-state index is 0.128. The van der Waals surface area contributed by atoms with Crippen LogP contribution in [-0.4, -0.2) is 38.8 Å². The Morgan fingerprint density at radius 2 is 2.30 bits per heavy atom. The van der Waals surface area contributed by atoms with Gasteiger partial charge in [0.1, 0.15) is 0 Å². The van der Waals surface area contributed by atoms with E-state index in [2.05, 4.69) is 10.3 Å². The van der Waals surface area contributed by atoms with Crippen LogP contribution in [0.2, 0.25) is 5.02 Å². The molecule has 8 heteroatoms. The van der Waals surface area contributed by atoms with Gasteiger partial charge in [-0.15, -0.1) is 0 Å². The van der Waals surface area contributed by atoms with Crippen molar-refractivity contribution in [3.8, 4) is 11.5 Å². The first-order valence-electron chi connectivity index (χ1n) is 7.20. The Labute approximate surface area is 136 Å². The van der Waals surface area contributed by atoms with Crippen LogP contribution >= 0.6 is 11.6 Å². The van der Waals surface area contributed by atoms with E-state index in [1.807, 2.05) is 0 Å². The Bertz CT molecular complexity index is 824. The summed E-state index contributed by atoms with van der Waals surface area (Å²) in [4.78, 5) is 14.3. The molecule has 0 N–H and O–H groups in total. The van der Waals surface area contributed by atoms with Crippen molar-refractivity contribution in [1.29, 1.82) is 0 Å². The number of halogens is 1. The highest BCUT2D eigenvalue weighted by atomic mass is 35.5. The third-order valence-electron chi connectivity index (χ3n) is 3.89. The molecule has 0 aliphatic carbocycles. The van der Waals surface area contributed by atoms with Gasteiger partial charge in [-0.05, 0) is 18.6 Å². The minimum Gasteiger partial charge on any atom is -0.461 e. The normalized spacial score (nSPS) is 17.8. The van der Waals surface area contributed by atoms with Crippen LogP contribution in [0.5, 0.6) is 0 Å². The number of hydrogen-bond acceptors (Lipinski definition) is 5. The van der Waals surface area contributed by atoms with Gasteiger partial charge < -0.3 is 13.8 Å². The van der Waals surface area contributed by atoms with Gasteiger partial charge in [0.15, 0.2) is 11.5 Å². The van der Waals surface area contributed by atoms with Crippen LogP contribution in [0, 0.1) is 0 Å². The molecule has 1 aliphatic heterocycles. The highest BCUT2D eigenvalue weighted by molar-refractivity contribution is 6.30. The lowest BCUT2D eigenvalue weighted by molar-refractivity contribution is 0.0777. The Morgan fingerprint density at radius 3 is 3.04 bits per heavy atom. The fourth-order valence-corrected chi connectivity index (χ4v) is 2.87. The van der Waals surface area contributed by atoms with Crippen LogP contribution in [0.25, 0.3) is 11.5 Å². The molecule has 118 valence electrons. The molecule has 1 atom stereocenters. The fraction of sp³-hybridized carbons (Fsp3) is 0.267. The third kappa shape index (κ3) is 2.63. The van der Waals surface area contributed by atoms with Gasteiger partial charge in [-0.3, -0.25) is 9.48 Å². The zero-order chi connectivity index (χ0) is 15.8. The number of nitrogens with zero attached hydrogens (tertiary/aromatic N) is 4. The quantitative estimate of drug-likeness (QED) is 0.737. The van der Waals surface area contributed by atoms with Gasteiger partial charge in [0, 0.05) is 25.4 Å². The topological polar surface area (TPSA) is 77.3 Å². The highest BCUT2D eigenvalue weighted by Gasteiger charge is 2.30. The number of carbonyl (C=O) groups is 1. The number of carbonyl (C=O) groups excluding carboxylic acids is 1. The number of furan rings is 1. The predicted molar refractivity (Wildman–Crippen MR) is 81.0 cm³/mol. The van der Waals surface area contributed by atoms with E-state index < -0.39 is 0 Å². The molecule has 0 spiro atoms. The van der Waals surface area contributed by atoms with Crippen molar-refractivity contribution in [1.82, 2.24) is 19.8 Å². The molecule has 0 saturated carbocycles. The minimum atomic E-state index is -0.160. The van der Waals surface area contributed by atoms with Crippen molar-refractivity contribution in [3.05, 3.63) is 47.6 Å². The molecule has 4 rings (SSSR count). The molecule has 23 heavy (non-hydrogen) atoms. The summed E-state index contributed by atoms with van der Waals surface area (Å²) in [6, 6.07) is 5.23. The molecule has 3 aromatic rings. The second-order valence-corrected chi connectivity index (χ2v) is 5.82. The SMILES string of the molecule is O=C(c1cc(-c2ccco2)on1)N1CCC(n2cc(Cl)cn2)C1. The van der Waals surface area contributed by atoms with Gasteiger partial charge in [-0.25, -0.2) is 0 Å². The van der Waals surface area contributed by atoms with Crippen molar-refractivity contribution in [2.24, 2.45) is 0 Å². The maximum absolute atomic E-state index is 12.5. The van der Waals surface area contributed by atoms with Crippen molar-refractivity contribution in [2.45, 2.75) is 12.5 Å². The molecule has 0 radical (unpaired) electrons. The lowest BCUT2D eigenvalue weighted by Gasteiger charge is -2.14. The molecular formula is C15H13ClN4O3. The Hall–Kier alpha value is -2.54. The van der Waals surface area contributed by atoms with Crippen LogP contribution < -0.4 is 0 Å². The van der Waals surface area contributed by atoms with Gasteiger partial charge in [0.05, 0.1) is 23.5 Å². The fourth-order valence-electron chi connectivity index (χ4n) is 2.73. The second-order valence-electron chi connectivity index (χ2n) is 5.39. The Morgan fingerprint density at radius 1 is 1.39 bits per heavy atom. The largest absolute Gasteiger partial charge is 0.461 e. The van der Waals surface area contributed by atoms with Gasteiger partial charge in [0.25, 0.3) is 5.91 Å². The summed E-state index contributed by atoms with van der Waals surface area (Å²) in [5, 5.41) is 8.64. The predicted octanol–water partition coefficient (Wildman–Crippen LogP) is 2.87. The molecule has 3 aromatic heterocycles. The zero-order valence-electron chi connectivity index (χ0n) is 12.1. The first-order chi connectivity index (χ1) is 11.2. The van der Waals surface area contributed by atoms with Gasteiger partial charge in [-0.1, -0.05) is 16.8 Å². The smallest absolute Gasteiger partial charge is 0.276 e. The van der Waals surface area contributed by atoms with Crippen LogP contribution in [0.4, 0.5) is 0 Å². The molecule has 1 amide bonds. The lowest BCUT2D eigenvalue weighted by atomic mass is 10.3. The highest BCUT2D eigenvalue weighted by Crippen LogP contribution is 2.25. The molecule has 0 aromatic carbocycles. The average molecular weight is 333 g/mol. The third-order valence-corrected chi connectivity index (χ3v) is 4.08. The van der Waals surface area contributed by atoms with Crippen molar-refractivity contribution < 1.29 is 13.7 Å². The van der Waals surface area contributed by atoms with Crippen LogP contribution in [0.3, 0.4) is 0 Å². The summed E-state index contributed by atoms with van der Waals surface area (Å²) < 4.78 is 12.2. The van der Waals surface area contributed by atoms with Crippen LogP contribution in [0.15, 0.2) is 45.8 Å². The maximum Gasteiger partial charge on any atom is 0.276 e. The Kier molecular flexibility index (Phi) is 3.42. The van der Waals surface area contributed by atoms with Crippen molar-refractivity contribution >= 4 is 17.5 Å². The van der Waals surface area contributed by atoms with E-state index >= 15 is 0 Å². The molecule has 1 unspecified atom stereocenters. The van der Waals surface area contributed by atoms with E-state index in [0.717, 1.165) is 6.42 Å². The summed E-state index contributed by atoms with van der Waals surface area (Å²) in [5.41, 5.74) is 0.274. The summed E-state index contributed by atoms with van der Waals surface area (Å²) in [6.45, 7) is 1.21. The van der Waals surface area contributed by atoms with E-state index in [1.165, 1.54) is 0 Å². The number of likely N-dealkylation sites (tertiary alicyclic amines) is 1. The molecule has 1 fully saturated rings. The Balaban J connectivity index is 1.48. The molecule has 4 heterocycles. The standard InChI is InChI=1S/C15H13ClN4O3/c16-10-7-17-20(8-10)11-3-4-19(9-11)15(21)12-6-14(23-18-12)13-2-1-5-22-13/h1-2,5-8,11H,3-4,9H2. The van der Waals surface area contributed by atoms with E-state index in [9.17, 15) is 4.79 Å². The first kappa shape index (κ1) is 14.1. The van der Waals surface area contributed by atoms with Crippen LogP contribution in [-0.2, 0) is 0 Å². The number of amides is 1. The molecule has 1 aliphatic rings. The molecule has 1 saturated heterocycles. The molecule has 0 bridgehead atoms. The summed E-state index contributed by atoms with van der Waals surface area (Å²) >= 11 is 5.89. The maximum atomic E-state index is 12.5. The summed E-state index contributed by atoms with van der Waals surface area (Å²) in [7, 11) is 0. The van der Waals surface area contributed by atoms with Crippen molar-refractivity contribution in [3.63, 3.8) is 0 Å². The van der Waals surface area contributed by atoms with Crippen LogP contribution in [0.1, 0.15) is 23.0 Å². The number of hydrogen-bond donors (Lipinski definition) is 0. The van der Waals surface area contributed by atoms with E-state index in [1.54, 1.807) is 46.4 Å². The van der Waals surface area contributed by atoms with E-state index in [0.29, 0.717) is 29.6 Å².